The SMILES string of the molecule is CC(C)(C)[Si](C)(C)O[C@H]1CNC[C@@H](Nc2ncc(C(F)(F)F)c(-c3c[nH]c4ccccc34)n2)C1. The molecule has 0 saturated carbocycles. The van der Waals surface area contributed by atoms with Gasteiger partial charge in [0, 0.05) is 48.0 Å². The third-order valence-electron chi connectivity index (χ3n) is 6.85. The Morgan fingerprint density at radius 2 is 1.85 bits per heavy atom. The highest BCUT2D eigenvalue weighted by molar-refractivity contribution is 6.74. The van der Waals surface area contributed by atoms with Gasteiger partial charge < -0.3 is 20.0 Å². The van der Waals surface area contributed by atoms with E-state index in [4.69, 9.17) is 4.43 Å². The molecule has 1 saturated heterocycles. The molecule has 2 aromatic heterocycles. The molecule has 1 aliphatic heterocycles. The van der Waals surface area contributed by atoms with E-state index in [2.05, 4.69) is 59.5 Å². The second-order valence-electron chi connectivity index (χ2n) is 10.4. The van der Waals surface area contributed by atoms with Crippen molar-refractivity contribution in [2.75, 3.05) is 18.4 Å². The zero-order valence-electron chi connectivity index (χ0n) is 20.2. The highest BCUT2D eigenvalue weighted by Gasteiger charge is 2.40. The summed E-state index contributed by atoms with van der Waals surface area (Å²) in [6.07, 6.45) is -1.38. The number of rotatable bonds is 5. The Balaban J connectivity index is 1.59. The van der Waals surface area contributed by atoms with Gasteiger partial charge in [0.25, 0.3) is 0 Å². The average molecular weight is 492 g/mol. The number of alkyl halides is 3. The van der Waals surface area contributed by atoms with Crippen molar-refractivity contribution in [3.63, 3.8) is 0 Å². The first kappa shape index (κ1) is 24.7. The van der Waals surface area contributed by atoms with Crippen molar-refractivity contribution in [2.24, 2.45) is 0 Å². The minimum absolute atomic E-state index is 0.0228. The lowest BCUT2D eigenvalue weighted by atomic mass is 10.0. The molecule has 6 nitrogen and oxygen atoms in total. The van der Waals surface area contributed by atoms with E-state index in [1.54, 1.807) is 18.3 Å². The Bertz CT molecular complexity index is 1160. The molecule has 3 heterocycles. The van der Waals surface area contributed by atoms with Gasteiger partial charge in [-0.05, 0) is 30.6 Å². The van der Waals surface area contributed by atoms with Gasteiger partial charge in [-0.1, -0.05) is 39.0 Å². The van der Waals surface area contributed by atoms with Gasteiger partial charge in [-0.15, -0.1) is 0 Å². The zero-order valence-corrected chi connectivity index (χ0v) is 21.2. The second-order valence-corrected chi connectivity index (χ2v) is 15.2. The lowest BCUT2D eigenvalue weighted by molar-refractivity contribution is -0.137. The van der Waals surface area contributed by atoms with Crippen molar-refractivity contribution in [2.45, 2.75) is 63.6 Å². The van der Waals surface area contributed by atoms with Crippen LogP contribution >= 0.6 is 0 Å². The van der Waals surface area contributed by atoms with Gasteiger partial charge in [0.05, 0.1) is 11.8 Å². The number of para-hydroxylation sites is 1. The van der Waals surface area contributed by atoms with E-state index in [1.165, 1.54) is 0 Å². The number of fused-ring (bicyclic) bond motifs is 1. The fourth-order valence-electron chi connectivity index (χ4n) is 4.01. The fraction of sp³-hybridized carbons (Fsp3) is 0.500. The minimum atomic E-state index is -4.57. The topological polar surface area (TPSA) is 74.9 Å². The van der Waals surface area contributed by atoms with Crippen LogP contribution in [0.1, 0.15) is 32.8 Å². The minimum Gasteiger partial charge on any atom is -0.413 e. The monoisotopic (exact) mass is 491 g/mol. The number of nitrogens with one attached hydrogen (secondary N) is 3. The van der Waals surface area contributed by atoms with E-state index in [1.807, 2.05) is 12.1 Å². The van der Waals surface area contributed by atoms with Crippen LogP contribution in [0.25, 0.3) is 22.2 Å². The summed E-state index contributed by atoms with van der Waals surface area (Å²) < 4.78 is 48.0. The molecule has 2 atom stereocenters. The maximum absolute atomic E-state index is 13.8. The van der Waals surface area contributed by atoms with Gasteiger partial charge in [-0.25, -0.2) is 9.97 Å². The summed E-state index contributed by atoms with van der Waals surface area (Å²) >= 11 is 0. The number of hydrogen-bond donors (Lipinski definition) is 3. The van der Waals surface area contributed by atoms with Gasteiger partial charge in [0.1, 0.15) is 5.56 Å². The van der Waals surface area contributed by atoms with E-state index in [0.29, 0.717) is 17.5 Å². The number of anilines is 1. The van der Waals surface area contributed by atoms with Crippen molar-refractivity contribution < 1.29 is 17.6 Å². The van der Waals surface area contributed by atoms with Crippen LogP contribution in [0.15, 0.2) is 36.7 Å². The molecule has 184 valence electrons. The number of aromatic nitrogens is 3. The Labute approximate surface area is 198 Å². The zero-order chi connectivity index (χ0) is 24.7. The van der Waals surface area contributed by atoms with Crippen molar-refractivity contribution in [3.05, 3.63) is 42.2 Å². The molecule has 1 aliphatic rings. The molecule has 4 rings (SSSR count). The summed E-state index contributed by atoms with van der Waals surface area (Å²) in [7, 11) is -1.94. The Morgan fingerprint density at radius 3 is 2.56 bits per heavy atom. The molecule has 3 N–H and O–H groups in total. The number of hydrogen-bond acceptors (Lipinski definition) is 5. The smallest absolute Gasteiger partial charge is 0.413 e. The maximum atomic E-state index is 13.8. The summed E-state index contributed by atoms with van der Waals surface area (Å²) in [5, 5.41) is 7.39. The second kappa shape index (κ2) is 8.97. The molecular weight excluding hydrogens is 459 g/mol. The Hall–Kier alpha value is -2.43. The third kappa shape index (κ3) is 5.13. The lowest BCUT2D eigenvalue weighted by Gasteiger charge is -2.41. The number of piperidine rings is 1. The summed E-state index contributed by atoms with van der Waals surface area (Å²) in [6.45, 7) is 12.4. The number of H-pyrrole nitrogens is 1. The lowest BCUT2D eigenvalue weighted by Crippen LogP contribution is -2.52. The fourth-order valence-corrected chi connectivity index (χ4v) is 5.38. The van der Waals surface area contributed by atoms with Crippen LogP contribution in [-0.4, -0.2) is 48.5 Å². The molecule has 1 fully saturated rings. The van der Waals surface area contributed by atoms with E-state index >= 15 is 0 Å². The molecule has 0 unspecified atom stereocenters. The summed E-state index contributed by atoms with van der Waals surface area (Å²) in [4.78, 5) is 11.4. The molecule has 3 aromatic rings. The van der Waals surface area contributed by atoms with Gasteiger partial charge in [-0.3, -0.25) is 0 Å². The van der Waals surface area contributed by atoms with Crippen molar-refractivity contribution in [1.82, 2.24) is 20.3 Å². The number of nitrogens with zero attached hydrogens (tertiary/aromatic N) is 2. The molecule has 0 radical (unpaired) electrons. The van der Waals surface area contributed by atoms with Crippen LogP contribution in [0.3, 0.4) is 0 Å². The molecule has 34 heavy (non-hydrogen) atoms. The van der Waals surface area contributed by atoms with Gasteiger partial charge in [0.2, 0.25) is 5.95 Å². The van der Waals surface area contributed by atoms with Gasteiger partial charge >= 0.3 is 6.18 Å². The average Bonchev–Trinajstić information content (AvgIpc) is 3.16. The molecular formula is C24H32F3N5OSi. The highest BCUT2D eigenvalue weighted by Crippen LogP contribution is 2.39. The highest BCUT2D eigenvalue weighted by atomic mass is 28.4. The third-order valence-corrected chi connectivity index (χ3v) is 11.4. The van der Waals surface area contributed by atoms with Crippen molar-refractivity contribution >= 4 is 25.2 Å². The quantitative estimate of drug-likeness (QED) is 0.393. The number of aromatic amines is 1. The van der Waals surface area contributed by atoms with Gasteiger partial charge in [-0.2, -0.15) is 13.2 Å². The Kier molecular flexibility index (Phi) is 6.52. The molecule has 0 aliphatic carbocycles. The molecule has 0 amide bonds. The Morgan fingerprint density at radius 1 is 1.12 bits per heavy atom. The van der Waals surface area contributed by atoms with Crippen LogP contribution in [-0.2, 0) is 10.6 Å². The number of halogens is 3. The standard InChI is InChI=1S/C24H32F3N5OSi/c1-23(2,3)34(4,5)33-16-10-15(11-28-12-16)31-22-30-14-19(24(25,26)27)21(32-22)18-13-29-20-9-7-6-8-17(18)20/h6-9,13-16,28-29H,10-12H2,1-5H3,(H,30,31,32)/t15-,16+/m0/s1. The normalized spacial score (nSPS) is 20.0. The molecule has 0 bridgehead atoms. The first-order chi connectivity index (χ1) is 15.8. The predicted molar refractivity (Wildman–Crippen MR) is 131 cm³/mol. The molecule has 1 aromatic carbocycles. The molecule has 10 heteroatoms. The van der Waals surface area contributed by atoms with E-state index in [-0.39, 0.29) is 28.8 Å². The van der Waals surface area contributed by atoms with Crippen LogP contribution in [0.5, 0.6) is 0 Å². The molecule has 0 spiro atoms. The maximum Gasteiger partial charge on any atom is 0.419 e. The largest absolute Gasteiger partial charge is 0.419 e. The summed E-state index contributed by atoms with van der Waals surface area (Å²) in [5.74, 6) is 0.174. The number of benzene rings is 1. The summed E-state index contributed by atoms with van der Waals surface area (Å²) in [6, 6.07) is 7.17. The van der Waals surface area contributed by atoms with Crippen LogP contribution in [0.4, 0.5) is 19.1 Å². The van der Waals surface area contributed by atoms with Gasteiger partial charge in [0.15, 0.2) is 8.32 Å². The van der Waals surface area contributed by atoms with Crippen molar-refractivity contribution in [3.8, 4) is 11.3 Å². The van der Waals surface area contributed by atoms with E-state index < -0.39 is 20.1 Å². The first-order valence-corrected chi connectivity index (χ1v) is 14.4. The predicted octanol–water partition coefficient (Wildman–Crippen LogP) is 5.81. The van der Waals surface area contributed by atoms with Crippen molar-refractivity contribution in [1.29, 1.82) is 0 Å². The summed E-state index contributed by atoms with van der Waals surface area (Å²) in [5.41, 5.74) is 0.152. The van der Waals surface area contributed by atoms with Crippen LogP contribution in [0.2, 0.25) is 18.1 Å². The van der Waals surface area contributed by atoms with Crippen LogP contribution in [0, 0.1) is 0 Å². The first-order valence-electron chi connectivity index (χ1n) is 11.5. The van der Waals surface area contributed by atoms with E-state index in [9.17, 15) is 13.2 Å². The van der Waals surface area contributed by atoms with Crippen LogP contribution < -0.4 is 10.6 Å². The van der Waals surface area contributed by atoms with E-state index in [0.717, 1.165) is 24.7 Å².